The lowest BCUT2D eigenvalue weighted by Crippen LogP contribution is -2.54. The monoisotopic (exact) mass is 212 g/mol. The second kappa shape index (κ2) is 4.49. The second-order valence-electron chi connectivity index (χ2n) is 4.75. The fourth-order valence-corrected chi connectivity index (χ4v) is 2.72. The van der Waals surface area contributed by atoms with Crippen LogP contribution in [0, 0.1) is 0 Å². The number of nitrogens with zero attached hydrogens (tertiary/aromatic N) is 1. The first-order valence-corrected chi connectivity index (χ1v) is 5.82. The smallest absolute Gasteiger partial charge is 0.209 e. The zero-order chi connectivity index (χ0) is 10.7. The molecule has 2 saturated heterocycles. The van der Waals surface area contributed by atoms with Crippen LogP contribution >= 0.6 is 0 Å². The molecule has 2 aliphatic heterocycles. The molecule has 0 aromatic heterocycles. The van der Waals surface area contributed by atoms with Crippen molar-refractivity contribution in [3.05, 3.63) is 0 Å². The lowest BCUT2D eigenvalue weighted by atomic mass is 9.92. The number of hydrogen-bond acceptors (Lipinski definition) is 3. The zero-order valence-corrected chi connectivity index (χ0v) is 9.37. The van der Waals surface area contributed by atoms with Gasteiger partial charge in [0, 0.05) is 13.1 Å². The first-order valence-electron chi connectivity index (χ1n) is 5.82. The molecule has 1 N–H and O–H groups in total. The predicted octanol–water partition coefficient (Wildman–Crippen LogP) is 0.376. The maximum atomic E-state index is 10.9. The molecule has 0 bridgehead atoms. The molecule has 2 fully saturated rings. The molecule has 2 rings (SSSR count). The molecule has 0 aromatic carbocycles. The molecule has 2 aliphatic rings. The van der Waals surface area contributed by atoms with Gasteiger partial charge < -0.3 is 15.0 Å². The van der Waals surface area contributed by atoms with Gasteiger partial charge in [0.05, 0.1) is 11.7 Å². The summed E-state index contributed by atoms with van der Waals surface area (Å²) >= 11 is 0. The fraction of sp³-hybridized carbons (Fsp3) is 0.909. The summed E-state index contributed by atoms with van der Waals surface area (Å²) in [6, 6.07) is 0. The summed E-state index contributed by atoms with van der Waals surface area (Å²) in [6.07, 6.45) is 4.34. The molecule has 15 heavy (non-hydrogen) atoms. The molecule has 1 spiro atoms. The van der Waals surface area contributed by atoms with E-state index >= 15 is 0 Å². The number of carbonyl (C=O) groups excluding carboxylic acids is 1. The van der Waals surface area contributed by atoms with Gasteiger partial charge in [0.15, 0.2) is 0 Å². The van der Waals surface area contributed by atoms with Gasteiger partial charge in [-0.25, -0.2) is 0 Å². The fourth-order valence-electron chi connectivity index (χ4n) is 2.72. The maximum Gasteiger partial charge on any atom is 0.209 e. The van der Waals surface area contributed by atoms with Crippen molar-refractivity contribution in [2.24, 2.45) is 0 Å². The average Bonchev–Trinajstić information content (AvgIpc) is 2.43. The zero-order valence-electron chi connectivity index (χ0n) is 9.37. The summed E-state index contributed by atoms with van der Waals surface area (Å²) < 4.78 is 6.09. The van der Waals surface area contributed by atoms with Crippen LogP contribution in [0.25, 0.3) is 0 Å². The van der Waals surface area contributed by atoms with E-state index in [0.29, 0.717) is 0 Å². The quantitative estimate of drug-likeness (QED) is 0.639. The molecule has 1 amide bonds. The minimum Gasteiger partial charge on any atom is -0.368 e. The van der Waals surface area contributed by atoms with Crippen molar-refractivity contribution >= 4 is 6.41 Å². The van der Waals surface area contributed by atoms with E-state index in [-0.39, 0.29) is 11.7 Å². The van der Waals surface area contributed by atoms with Gasteiger partial charge in [-0.3, -0.25) is 4.79 Å². The number of hydrogen-bond donors (Lipinski definition) is 1. The van der Waals surface area contributed by atoms with Crippen LogP contribution in [-0.2, 0) is 9.53 Å². The van der Waals surface area contributed by atoms with E-state index in [0.717, 1.165) is 51.9 Å². The molecule has 86 valence electrons. The minimum atomic E-state index is -0.0813. The predicted molar refractivity (Wildman–Crippen MR) is 57.6 cm³/mol. The van der Waals surface area contributed by atoms with Crippen LogP contribution in [0.1, 0.15) is 26.2 Å². The van der Waals surface area contributed by atoms with Crippen LogP contribution in [-0.4, -0.2) is 49.2 Å². The molecule has 2 unspecified atom stereocenters. The molecule has 4 nitrogen and oxygen atoms in total. The van der Waals surface area contributed by atoms with Crippen LogP contribution in [0.5, 0.6) is 0 Å². The van der Waals surface area contributed by atoms with Gasteiger partial charge in [-0.2, -0.15) is 0 Å². The van der Waals surface area contributed by atoms with Gasteiger partial charge in [0.2, 0.25) is 6.41 Å². The van der Waals surface area contributed by atoms with Crippen LogP contribution in [0.4, 0.5) is 0 Å². The molecule has 0 aliphatic carbocycles. The van der Waals surface area contributed by atoms with E-state index in [1.807, 2.05) is 4.90 Å². The summed E-state index contributed by atoms with van der Waals surface area (Å²) in [7, 11) is 0. The largest absolute Gasteiger partial charge is 0.368 e. The summed E-state index contributed by atoms with van der Waals surface area (Å²) in [6.45, 7) is 5.62. The van der Waals surface area contributed by atoms with Crippen molar-refractivity contribution < 1.29 is 9.53 Å². The molecule has 2 heterocycles. The molecule has 0 aromatic rings. The number of carbonyl (C=O) groups is 1. The third-order valence-electron chi connectivity index (χ3n) is 3.33. The standard InChI is InChI=1S/C11H20N2O2/c1-10-7-13(9-14)8-11(15-10)3-2-5-12-6-4-11/h9-10,12H,2-8H2,1H3. The van der Waals surface area contributed by atoms with Crippen molar-refractivity contribution in [1.29, 1.82) is 0 Å². The topological polar surface area (TPSA) is 41.6 Å². The highest BCUT2D eigenvalue weighted by Gasteiger charge is 2.39. The molecule has 2 atom stereocenters. The summed E-state index contributed by atoms with van der Waals surface area (Å²) in [5.41, 5.74) is -0.0813. The Morgan fingerprint density at radius 2 is 2.33 bits per heavy atom. The van der Waals surface area contributed by atoms with Gasteiger partial charge in [-0.15, -0.1) is 0 Å². The van der Waals surface area contributed by atoms with Crippen LogP contribution in [0.15, 0.2) is 0 Å². The van der Waals surface area contributed by atoms with Crippen molar-refractivity contribution in [1.82, 2.24) is 10.2 Å². The number of ether oxygens (including phenoxy) is 1. The van der Waals surface area contributed by atoms with Gasteiger partial charge in [-0.1, -0.05) is 0 Å². The van der Waals surface area contributed by atoms with E-state index in [2.05, 4.69) is 12.2 Å². The number of amides is 1. The highest BCUT2D eigenvalue weighted by Crippen LogP contribution is 2.30. The Balaban J connectivity index is 2.06. The molecular weight excluding hydrogens is 192 g/mol. The lowest BCUT2D eigenvalue weighted by molar-refractivity contribution is -0.161. The van der Waals surface area contributed by atoms with Gasteiger partial charge in [0.1, 0.15) is 0 Å². The Hall–Kier alpha value is -0.610. The molecular formula is C11H20N2O2. The van der Waals surface area contributed by atoms with Crippen molar-refractivity contribution in [2.45, 2.75) is 37.9 Å². The lowest BCUT2D eigenvalue weighted by Gasteiger charge is -2.44. The first-order chi connectivity index (χ1) is 7.24. The maximum absolute atomic E-state index is 10.9. The van der Waals surface area contributed by atoms with E-state index in [4.69, 9.17) is 4.74 Å². The van der Waals surface area contributed by atoms with Crippen LogP contribution in [0.2, 0.25) is 0 Å². The van der Waals surface area contributed by atoms with Gasteiger partial charge >= 0.3 is 0 Å². The Bertz CT molecular complexity index is 225. The first kappa shape index (κ1) is 10.9. The van der Waals surface area contributed by atoms with E-state index in [1.54, 1.807) is 0 Å². The van der Waals surface area contributed by atoms with Gasteiger partial charge in [0.25, 0.3) is 0 Å². The summed E-state index contributed by atoms with van der Waals surface area (Å²) in [4.78, 5) is 12.7. The molecule has 4 heteroatoms. The molecule has 0 radical (unpaired) electrons. The number of morpholine rings is 1. The molecule has 0 saturated carbocycles. The van der Waals surface area contributed by atoms with E-state index in [1.165, 1.54) is 0 Å². The Morgan fingerprint density at radius 3 is 3.13 bits per heavy atom. The second-order valence-corrected chi connectivity index (χ2v) is 4.75. The number of nitrogens with one attached hydrogen (secondary N) is 1. The Labute approximate surface area is 91.0 Å². The van der Waals surface area contributed by atoms with Crippen molar-refractivity contribution in [2.75, 3.05) is 26.2 Å². The third-order valence-corrected chi connectivity index (χ3v) is 3.33. The number of rotatable bonds is 1. The highest BCUT2D eigenvalue weighted by molar-refractivity contribution is 5.47. The van der Waals surface area contributed by atoms with Gasteiger partial charge in [-0.05, 0) is 39.3 Å². The van der Waals surface area contributed by atoms with E-state index < -0.39 is 0 Å². The third kappa shape index (κ3) is 2.49. The SMILES string of the molecule is CC1CN(C=O)CC2(CCCNCC2)O1. The summed E-state index contributed by atoms with van der Waals surface area (Å²) in [5, 5.41) is 3.38. The summed E-state index contributed by atoms with van der Waals surface area (Å²) in [5.74, 6) is 0. The highest BCUT2D eigenvalue weighted by atomic mass is 16.5. The van der Waals surface area contributed by atoms with Crippen LogP contribution < -0.4 is 5.32 Å². The Morgan fingerprint density at radius 1 is 1.47 bits per heavy atom. The van der Waals surface area contributed by atoms with Crippen LogP contribution in [0.3, 0.4) is 0 Å². The average molecular weight is 212 g/mol. The Kier molecular flexibility index (Phi) is 3.26. The van der Waals surface area contributed by atoms with Crippen molar-refractivity contribution in [3.8, 4) is 0 Å². The van der Waals surface area contributed by atoms with Crippen molar-refractivity contribution in [3.63, 3.8) is 0 Å². The van der Waals surface area contributed by atoms with E-state index in [9.17, 15) is 4.79 Å². The normalized spacial score (nSPS) is 37.7. The minimum absolute atomic E-state index is 0.0813.